The van der Waals surface area contributed by atoms with E-state index < -0.39 is 17.9 Å². The fourth-order valence-electron chi connectivity index (χ4n) is 4.36. The molecule has 4 rings (SSSR count). The van der Waals surface area contributed by atoms with Gasteiger partial charge in [0, 0.05) is 11.1 Å². The Bertz CT molecular complexity index is 1470. The van der Waals surface area contributed by atoms with E-state index in [0.29, 0.717) is 30.1 Å². The van der Waals surface area contributed by atoms with Crippen LogP contribution in [0.4, 0.5) is 0 Å². The minimum atomic E-state index is -1.04. The van der Waals surface area contributed by atoms with E-state index in [0.717, 1.165) is 39.3 Å². The second-order valence-corrected chi connectivity index (χ2v) is 10.3. The van der Waals surface area contributed by atoms with Crippen LogP contribution in [0.15, 0.2) is 83.3 Å². The van der Waals surface area contributed by atoms with Gasteiger partial charge in [0.1, 0.15) is 29.9 Å². The number of benzene rings is 3. The van der Waals surface area contributed by atoms with Crippen molar-refractivity contribution in [3.8, 4) is 28.2 Å². The molecule has 0 radical (unpaired) electrons. The van der Waals surface area contributed by atoms with E-state index in [9.17, 15) is 14.7 Å². The molecule has 210 valence electrons. The molecule has 0 fully saturated rings. The number of hydrogen-bond donors (Lipinski definition) is 2. The van der Waals surface area contributed by atoms with Gasteiger partial charge in [-0.15, -0.1) is 0 Å². The number of aliphatic carboxylic acids is 1. The molecule has 0 aliphatic heterocycles. The Hall–Kier alpha value is -3.41. The van der Waals surface area contributed by atoms with Gasteiger partial charge in [-0.3, -0.25) is 4.79 Å². The quantitative estimate of drug-likeness (QED) is 0.193. The first-order valence-corrected chi connectivity index (χ1v) is 14.3. The van der Waals surface area contributed by atoms with E-state index in [1.54, 1.807) is 24.9 Å². The Labute approximate surface area is 256 Å². The van der Waals surface area contributed by atoms with Gasteiger partial charge >= 0.3 is 24.8 Å². The minimum absolute atomic E-state index is 0. The van der Waals surface area contributed by atoms with Crippen LogP contribution in [0.1, 0.15) is 33.7 Å². The molecule has 1 amide bonds. The van der Waals surface area contributed by atoms with Crippen molar-refractivity contribution in [2.75, 3.05) is 19.1 Å². The van der Waals surface area contributed by atoms with Crippen molar-refractivity contribution in [3.63, 3.8) is 0 Å². The second kappa shape index (κ2) is 15.6. The molecule has 0 saturated carbocycles. The number of furan rings is 1. The molecule has 0 aliphatic carbocycles. The van der Waals surface area contributed by atoms with Gasteiger partial charge in [-0.05, 0) is 84.0 Å². The van der Waals surface area contributed by atoms with Crippen LogP contribution in [-0.2, 0) is 22.7 Å². The summed E-state index contributed by atoms with van der Waals surface area (Å²) in [7, 11) is 1.63. The standard InChI is InChI=1S/C32H33NO6S.Li.H/c1-21-7-4-5-10-26(21)28-17-22(11-13-27(28)31(34)33-29(32(35)36)15-16-40-3)19-38-20-25-12-14-30(39-25)23-8-6-9-24(18-23)37-2;;/h4-14,17-18,29H,15-16,19-20H2,1-3H3,(H,33,34)(H,35,36);;. The molecule has 7 nitrogen and oxygen atoms in total. The number of thioether (sulfide) groups is 1. The van der Waals surface area contributed by atoms with Crippen molar-refractivity contribution in [2.45, 2.75) is 32.6 Å². The molecule has 1 atom stereocenters. The maximum atomic E-state index is 13.3. The van der Waals surface area contributed by atoms with Crippen LogP contribution < -0.4 is 10.1 Å². The summed E-state index contributed by atoms with van der Waals surface area (Å²) in [5.74, 6) is 1.35. The van der Waals surface area contributed by atoms with E-state index in [-0.39, 0.29) is 25.5 Å². The summed E-state index contributed by atoms with van der Waals surface area (Å²) >= 11 is 1.54. The Balaban J connectivity index is 0.00000462. The number of hydrogen-bond acceptors (Lipinski definition) is 6. The molecular formula is C32H34LiNO6S. The van der Waals surface area contributed by atoms with Crippen molar-refractivity contribution < 1.29 is 28.6 Å². The molecule has 9 heteroatoms. The predicted molar refractivity (Wildman–Crippen MR) is 165 cm³/mol. The number of carboxylic acids is 1. The number of carbonyl (C=O) groups excluding carboxylic acids is 1. The van der Waals surface area contributed by atoms with Crippen LogP contribution in [0.3, 0.4) is 0 Å². The molecule has 4 aromatic rings. The molecule has 2 N–H and O–H groups in total. The second-order valence-electron chi connectivity index (χ2n) is 9.33. The van der Waals surface area contributed by atoms with Crippen LogP contribution in [0.2, 0.25) is 0 Å². The van der Waals surface area contributed by atoms with Gasteiger partial charge in [0.15, 0.2) is 0 Å². The molecule has 0 bridgehead atoms. The molecule has 0 aliphatic rings. The third-order valence-electron chi connectivity index (χ3n) is 6.51. The molecule has 1 aromatic heterocycles. The zero-order valence-corrected chi connectivity index (χ0v) is 23.6. The molecule has 1 heterocycles. The maximum absolute atomic E-state index is 13.3. The van der Waals surface area contributed by atoms with Crippen molar-refractivity contribution in [2.24, 2.45) is 0 Å². The third-order valence-corrected chi connectivity index (χ3v) is 7.15. The number of carboxylic acid groups (broad SMARTS) is 1. The zero-order valence-electron chi connectivity index (χ0n) is 22.8. The van der Waals surface area contributed by atoms with Gasteiger partial charge in [0.05, 0.1) is 13.7 Å². The molecule has 1 unspecified atom stereocenters. The molecule has 0 spiro atoms. The van der Waals surface area contributed by atoms with Crippen LogP contribution in [0.5, 0.6) is 5.75 Å². The van der Waals surface area contributed by atoms with Crippen molar-refractivity contribution in [1.29, 1.82) is 0 Å². The summed E-state index contributed by atoms with van der Waals surface area (Å²) in [6, 6.07) is 23.8. The number of aryl methyl sites for hydroxylation is 1. The van der Waals surface area contributed by atoms with Gasteiger partial charge in [-0.1, -0.05) is 42.5 Å². The topological polar surface area (TPSA) is 98.0 Å². The number of carbonyl (C=O) groups is 2. The first kappa shape index (κ1) is 32.1. The van der Waals surface area contributed by atoms with E-state index >= 15 is 0 Å². The summed E-state index contributed by atoms with van der Waals surface area (Å²) in [6.45, 7) is 2.57. The monoisotopic (exact) mass is 567 g/mol. The Morgan fingerprint density at radius 2 is 1.78 bits per heavy atom. The average Bonchev–Trinajstić information content (AvgIpc) is 3.44. The van der Waals surface area contributed by atoms with Gasteiger partial charge < -0.3 is 24.3 Å². The number of ether oxygens (including phenoxy) is 2. The normalized spacial score (nSPS) is 11.4. The Morgan fingerprint density at radius 3 is 2.51 bits per heavy atom. The van der Waals surface area contributed by atoms with Crippen LogP contribution in [0, 0.1) is 6.92 Å². The predicted octanol–water partition coefficient (Wildman–Crippen LogP) is 5.94. The van der Waals surface area contributed by atoms with Gasteiger partial charge in [-0.25, -0.2) is 4.79 Å². The van der Waals surface area contributed by atoms with Gasteiger partial charge in [-0.2, -0.15) is 11.8 Å². The summed E-state index contributed by atoms with van der Waals surface area (Å²) in [4.78, 5) is 25.0. The van der Waals surface area contributed by atoms with Crippen LogP contribution in [-0.4, -0.2) is 61.0 Å². The Kier molecular flexibility index (Phi) is 12.2. The SMILES string of the molecule is COc1cccc(-c2ccc(COCc3ccc(C(=O)NC(CCSC)C(=O)O)c(-c4ccccc4C)c3)o2)c1.[LiH]. The summed E-state index contributed by atoms with van der Waals surface area (Å²) in [5, 5.41) is 12.3. The first-order chi connectivity index (χ1) is 19.4. The van der Waals surface area contributed by atoms with Gasteiger partial charge in [0.25, 0.3) is 5.91 Å². The summed E-state index contributed by atoms with van der Waals surface area (Å²) in [5.41, 5.74) is 4.85. The van der Waals surface area contributed by atoms with Gasteiger partial charge in [0.2, 0.25) is 0 Å². The Morgan fingerprint density at radius 1 is 0.976 bits per heavy atom. The number of amides is 1. The van der Waals surface area contributed by atoms with Crippen molar-refractivity contribution in [1.82, 2.24) is 5.32 Å². The molecule has 3 aromatic carbocycles. The first-order valence-electron chi connectivity index (χ1n) is 12.9. The van der Waals surface area contributed by atoms with Crippen LogP contribution >= 0.6 is 11.8 Å². The third kappa shape index (κ3) is 8.54. The molecular weight excluding hydrogens is 533 g/mol. The molecule has 0 saturated heterocycles. The fraction of sp³-hybridized carbons (Fsp3) is 0.250. The summed E-state index contributed by atoms with van der Waals surface area (Å²) in [6.07, 6.45) is 2.25. The average molecular weight is 568 g/mol. The van der Waals surface area contributed by atoms with E-state index in [1.807, 2.05) is 86.0 Å². The van der Waals surface area contributed by atoms with E-state index in [1.165, 1.54) is 0 Å². The van der Waals surface area contributed by atoms with E-state index in [4.69, 9.17) is 13.9 Å². The van der Waals surface area contributed by atoms with Crippen molar-refractivity contribution >= 4 is 42.5 Å². The summed E-state index contributed by atoms with van der Waals surface area (Å²) < 4.78 is 17.2. The number of methoxy groups -OCH3 is 1. The zero-order chi connectivity index (χ0) is 28.5. The number of nitrogens with one attached hydrogen (secondary N) is 1. The fourth-order valence-corrected chi connectivity index (χ4v) is 4.83. The molecule has 41 heavy (non-hydrogen) atoms. The van der Waals surface area contributed by atoms with E-state index in [2.05, 4.69) is 5.32 Å². The van der Waals surface area contributed by atoms with Crippen molar-refractivity contribution in [3.05, 3.63) is 101 Å². The number of rotatable bonds is 13. The van der Waals surface area contributed by atoms with Crippen LogP contribution in [0.25, 0.3) is 22.5 Å².